The smallest absolute Gasteiger partial charge is 0.307 e. The van der Waals surface area contributed by atoms with E-state index in [0.717, 1.165) is 64.3 Å². The fraction of sp³-hybridized carbons (Fsp3) is 0.586. The van der Waals surface area contributed by atoms with Gasteiger partial charge >= 0.3 is 6.26 Å². The van der Waals surface area contributed by atoms with E-state index in [1.807, 2.05) is 23.5 Å². The highest BCUT2D eigenvalue weighted by Crippen LogP contribution is 2.38. The third-order valence-corrected chi connectivity index (χ3v) is 7.54. The summed E-state index contributed by atoms with van der Waals surface area (Å²) in [4.78, 5) is 5.66. The zero-order chi connectivity index (χ0) is 24.2. The Bertz CT molecular complexity index is 877. The van der Waals surface area contributed by atoms with Crippen molar-refractivity contribution >= 4 is 0 Å². The van der Waals surface area contributed by atoms with Gasteiger partial charge in [0.25, 0.3) is 0 Å². The highest BCUT2D eigenvalue weighted by Gasteiger charge is 2.34. The molecule has 2 aliphatic rings. The Hall–Kier alpha value is -2.63. The summed E-state index contributed by atoms with van der Waals surface area (Å²) in [6.45, 7) is 2.91. The van der Waals surface area contributed by atoms with Crippen molar-refractivity contribution in [2.75, 3.05) is 6.54 Å². The van der Waals surface area contributed by atoms with Crippen LogP contribution in [0.5, 0.6) is 0 Å². The highest BCUT2D eigenvalue weighted by molar-refractivity contribution is 5.24. The normalized spacial score (nSPS) is 24.0. The van der Waals surface area contributed by atoms with Gasteiger partial charge in [-0.3, -0.25) is 0 Å². The first-order valence-corrected chi connectivity index (χ1v) is 12.9. The zero-order valence-electron chi connectivity index (χ0n) is 20.4. The van der Waals surface area contributed by atoms with E-state index in [1.165, 1.54) is 5.56 Å². The summed E-state index contributed by atoms with van der Waals surface area (Å²) < 4.78 is 14.0. The monoisotopic (exact) mass is 463 g/mol. The van der Waals surface area contributed by atoms with E-state index in [0.29, 0.717) is 18.3 Å². The van der Waals surface area contributed by atoms with E-state index in [9.17, 15) is 9.65 Å². The minimum Gasteiger partial charge on any atom is -0.327 e. The lowest BCUT2D eigenvalue weighted by Crippen LogP contribution is -2.42. The van der Waals surface area contributed by atoms with Crippen molar-refractivity contribution in [1.29, 1.82) is 10.5 Å². The molecule has 34 heavy (non-hydrogen) atoms. The van der Waals surface area contributed by atoms with Crippen molar-refractivity contribution in [3.05, 3.63) is 60.0 Å². The third-order valence-electron chi connectivity index (χ3n) is 7.54. The Kier molecular flexibility index (Phi) is 10.6. The summed E-state index contributed by atoms with van der Waals surface area (Å²) in [5.41, 5.74) is 1.22. The Morgan fingerprint density at radius 3 is 2.50 bits per heavy atom. The first-order valence-electron chi connectivity index (χ1n) is 12.9. The predicted octanol–water partition coefficient (Wildman–Crippen LogP) is 7.58. The Morgan fingerprint density at radius 1 is 1.12 bits per heavy atom. The van der Waals surface area contributed by atoms with Gasteiger partial charge in [-0.1, -0.05) is 62.6 Å². The minimum atomic E-state index is -0.159. The van der Waals surface area contributed by atoms with Crippen molar-refractivity contribution < 1.29 is 9.23 Å². The van der Waals surface area contributed by atoms with E-state index < -0.39 is 0 Å². The SMILES string of the molecule is CCCC(C(CC1C=C(F)C=CC1)c1ccccc1)N(CC1CCC(CCC#N)CC1)OC#N. The maximum atomic E-state index is 14.0. The van der Waals surface area contributed by atoms with Crippen molar-refractivity contribution in [2.24, 2.45) is 17.8 Å². The molecule has 5 heteroatoms. The second-order valence-electron chi connectivity index (χ2n) is 9.92. The van der Waals surface area contributed by atoms with Crippen LogP contribution in [-0.4, -0.2) is 17.6 Å². The van der Waals surface area contributed by atoms with Crippen LogP contribution in [0, 0.1) is 40.6 Å². The second kappa shape index (κ2) is 13.9. The summed E-state index contributed by atoms with van der Waals surface area (Å²) in [5, 5.41) is 20.3. The molecule has 0 bridgehead atoms. The Balaban J connectivity index is 1.78. The fourth-order valence-corrected chi connectivity index (χ4v) is 5.77. The van der Waals surface area contributed by atoms with E-state index in [2.05, 4.69) is 37.3 Å². The molecule has 0 heterocycles. The zero-order valence-corrected chi connectivity index (χ0v) is 20.4. The molecule has 1 aromatic carbocycles. The number of nitrogens with zero attached hydrogens (tertiary/aromatic N) is 3. The van der Waals surface area contributed by atoms with Crippen LogP contribution in [0.1, 0.15) is 82.6 Å². The minimum absolute atomic E-state index is 0.0470. The van der Waals surface area contributed by atoms with Crippen LogP contribution < -0.4 is 0 Å². The predicted molar refractivity (Wildman–Crippen MR) is 133 cm³/mol. The van der Waals surface area contributed by atoms with Gasteiger partial charge in [-0.25, -0.2) is 4.39 Å². The molecule has 0 spiro atoms. The fourth-order valence-electron chi connectivity index (χ4n) is 5.77. The van der Waals surface area contributed by atoms with Gasteiger partial charge in [-0.2, -0.15) is 5.26 Å². The number of nitriles is 2. The first-order chi connectivity index (χ1) is 16.6. The molecule has 3 atom stereocenters. The summed E-state index contributed by atoms with van der Waals surface area (Å²) in [6, 6.07) is 12.8. The number of hydrogen-bond acceptors (Lipinski definition) is 4. The average Bonchev–Trinajstić information content (AvgIpc) is 2.86. The van der Waals surface area contributed by atoms with Crippen LogP contribution in [0.15, 0.2) is 54.4 Å². The standard InChI is InChI=1S/C29H38FN3O/c1-2-8-29(33(34-22-32)21-24-16-14-23(15-17-24)10-7-18-31)28(26-11-4-3-5-12-26)20-25-9-6-13-27(30)19-25/h3-6,11-13,19,23-25,28-29H,2,7-10,14-17,20-21H2,1H3. The summed E-state index contributed by atoms with van der Waals surface area (Å²) in [7, 11) is 0. The molecule has 0 aromatic heterocycles. The molecular formula is C29H38FN3O. The Labute approximate surface area is 204 Å². The lowest BCUT2D eigenvalue weighted by molar-refractivity contribution is -0.147. The molecule has 0 aliphatic heterocycles. The maximum Gasteiger partial charge on any atom is 0.307 e. The van der Waals surface area contributed by atoms with E-state index in [1.54, 1.807) is 12.2 Å². The van der Waals surface area contributed by atoms with E-state index in [-0.39, 0.29) is 23.7 Å². The van der Waals surface area contributed by atoms with Crippen molar-refractivity contribution in [2.45, 2.75) is 83.1 Å². The lowest BCUT2D eigenvalue weighted by Gasteiger charge is -2.38. The van der Waals surface area contributed by atoms with Gasteiger partial charge in [0, 0.05) is 18.9 Å². The van der Waals surface area contributed by atoms with Crippen LogP contribution in [0.3, 0.4) is 0 Å². The van der Waals surface area contributed by atoms with E-state index in [4.69, 9.17) is 10.1 Å². The van der Waals surface area contributed by atoms with Gasteiger partial charge in [0.15, 0.2) is 0 Å². The molecule has 0 amide bonds. The molecule has 182 valence electrons. The molecule has 3 unspecified atom stereocenters. The van der Waals surface area contributed by atoms with Gasteiger partial charge in [-0.05, 0) is 74.0 Å². The third kappa shape index (κ3) is 7.71. The first kappa shape index (κ1) is 26.0. The topological polar surface area (TPSA) is 60.1 Å². The van der Waals surface area contributed by atoms with Crippen LogP contribution >= 0.6 is 0 Å². The Morgan fingerprint density at radius 2 is 1.85 bits per heavy atom. The molecule has 0 N–H and O–H groups in total. The maximum absolute atomic E-state index is 14.0. The number of halogens is 1. The van der Waals surface area contributed by atoms with E-state index >= 15 is 0 Å². The molecular weight excluding hydrogens is 425 g/mol. The second-order valence-corrected chi connectivity index (χ2v) is 9.92. The number of hydroxylamine groups is 2. The van der Waals surface area contributed by atoms with Crippen LogP contribution in [0.4, 0.5) is 4.39 Å². The van der Waals surface area contributed by atoms with Crippen LogP contribution in [0.2, 0.25) is 0 Å². The summed E-state index contributed by atoms with van der Waals surface area (Å²) in [5.74, 6) is 1.24. The number of rotatable bonds is 12. The number of hydrogen-bond donors (Lipinski definition) is 0. The highest BCUT2D eigenvalue weighted by atomic mass is 19.1. The molecule has 0 radical (unpaired) electrons. The van der Waals surface area contributed by atoms with Crippen LogP contribution in [0.25, 0.3) is 0 Å². The molecule has 3 rings (SSSR count). The van der Waals surface area contributed by atoms with Crippen molar-refractivity contribution in [3.8, 4) is 12.3 Å². The molecule has 1 aromatic rings. The van der Waals surface area contributed by atoms with Crippen molar-refractivity contribution in [1.82, 2.24) is 5.06 Å². The van der Waals surface area contributed by atoms with Crippen molar-refractivity contribution in [3.63, 3.8) is 0 Å². The van der Waals surface area contributed by atoms with Gasteiger partial charge < -0.3 is 4.84 Å². The number of benzene rings is 1. The quantitative estimate of drug-likeness (QED) is 0.237. The average molecular weight is 464 g/mol. The van der Waals surface area contributed by atoms with Gasteiger partial charge in [0.2, 0.25) is 0 Å². The largest absolute Gasteiger partial charge is 0.327 e. The lowest BCUT2D eigenvalue weighted by atomic mass is 9.78. The molecule has 2 aliphatic carbocycles. The summed E-state index contributed by atoms with van der Waals surface area (Å²) in [6.07, 6.45) is 16.9. The summed E-state index contributed by atoms with van der Waals surface area (Å²) >= 11 is 0. The molecule has 4 nitrogen and oxygen atoms in total. The molecule has 0 saturated heterocycles. The van der Waals surface area contributed by atoms with Gasteiger partial charge in [-0.15, -0.1) is 10.3 Å². The van der Waals surface area contributed by atoms with Crippen LogP contribution in [-0.2, 0) is 4.84 Å². The molecule has 1 fully saturated rings. The number of allylic oxidation sites excluding steroid dienone is 4. The van der Waals surface area contributed by atoms with Gasteiger partial charge in [0.05, 0.1) is 12.1 Å². The van der Waals surface area contributed by atoms with Gasteiger partial charge in [0.1, 0.15) is 5.83 Å². The molecule has 1 saturated carbocycles.